The van der Waals surface area contributed by atoms with E-state index in [2.05, 4.69) is 0 Å². The Kier molecular flexibility index (Phi) is 3.70. The Hall–Kier alpha value is -0.860. The zero-order chi connectivity index (χ0) is 13.4. The summed E-state index contributed by atoms with van der Waals surface area (Å²) in [5.41, 5.74) is -1.09. The molecule has 0 spiro atoms. The zero-order valence-corrected chi connectivity index (χ0v) is 9.75. The normalized spacial score (nSPS) is 12.8. The molecule has 0 unspecified atom stereocenters. The van der Waals surface area contributed by atoms with Crippen molar-refractivity contribution in [3.8, 4) is 0 Å². The lowest BCUT2D eigenvalue weighted by atomic mass is 10.2. The van der Waals surface area contributed by atoms with Crippen LogP contribution >= 0.6 is 7.60 Å². The number of halogens is 2. The predicted molar refractivity (Wildman–Crippen MR) is 51.9 cm³/mol. The van der Waals surface area contributed by atoms with Crippen LogP contribution in [0.15, 0.2) is 17.0 Å². The Bertz CT molecular complexity index is 593. The Morgan fingerprint density at radius 2 is 1.76 bits per heavy atom. The number of benzene rings is 1. The quantitative estimate of drug-likeness (QED) is 0.562. The third kappa shape index (κ3) is 3.55. The maximum absolute atomic E-state index is 13.4. The largest absolute Gasteiger partial charge is 0.330 e. The monoisotopic (exact) mass is 288 g/mol. The van der Waals surface area contributed by atoms with Crippen LogP contribution in [0.25, 0.3) is 0 Å². The van der Waals surface area contributed by atoms with Gasteiger partial charge in [0.25, 0.3) is 10.1 Å². The van der Waals surface area contributed by atoms with Gasteiger partial charge in [0.1, 0.15) is 10.7 Å². The molecule has 1 aromatic carbocycles. The van der Waals surface area contributed by atoms with Crippen molar-refractivity contribution in [3.05, 3.63) is 29.3 Å². The van der Waals surface area contributed by atoms with Crippen molar-refractivity contribution < 1.29 is 36.1 Å². The average Bonchev–Trinajstić information content (AvgIpc) is 2.08. The van der Waals surface area contributed by atoms with E-state index in [-0.39, 0.29) is 0 Å². The third-order valence-corrected chi connectivity index (χ3v) is 3.39. The first kappa shape index (κ1) is 14.2. The summed E-state index contributed by atoms with van der Waals surface area (Å²) in [7, 11) is -9.69. The lowest BCUT2D eigenvalue weighted by Crippen LogP contribution is -2.06. The molecule has 0 aromatic heterocycles. The van der Waals surface area contributed by atoms with Gasteiger partial charge in [0, 0.05) is 5.56 Å². The van der Waals surface area contributed by atoms with E-state index >= 15 is 0 Å². The third-order valence-electron chi connectivity index (χ3n) is 1.79. The summed E-state index contributed by atoms with van der Waals surface area (Å²) in [5.74, 6) is -3.02. The number of rotatable bonds is 3. The van der Waals surface area contributed by atoms with E-state index in [1.165, 1.54) is 0 Å². The summed E-state index contributed by atoms with van der Waals surface area (Å²) in [6.45, 7) is 0. The summed E-state index contributed by atoms with van der Waals surface area (Å²) >= 11 is 0. The van der Waals surface area contributed by atoms with Crippen molar-refractivity contribution in [2.75, 3.05) is 0 Å². The predicted octanol–water partition coefficient (Wildman–Crippen LogP) is 0.889. The highest BCUT2D eigenvalue weighted by Gasteiger charge is 2.26. The minimum Gasteiger partial charge on any atom is -0.324 e. The highest BCUT2D eigenvalue weighted by Crippen LogP contribution is 2.41. The van der Waals surface area contributed by atoms with Gasteiger partial charge in [0.2, 0.25) is 0 Å². The van der Waals surface area contributed by atoms with Crippen LogP contribution in [0, 0.1) is 11.6 Å². The van der Waals surface area contributed by atoms with Crippen LogP contribution in [0.2, 0.25) is 0 Å². The van der Waals surface area contributed by atoms with Crippen LogP contribution in [0.1, 0.15) is 5.56 Å². The molecule has 0 fully saturated rings. The molecule has 0 aliphatic rings. The van der Waals surface area contributed by atoms with E-state index in [1.54, 1.807) is 0 Å². The molecule has 0 bridgehead atoms. The molecular weight excluding hydrogens is 281 g/mol. The molecule has 0 amide bonds. The summed E-state index contributed by atoms with van der Waals surface area (Å²) in [4.78, 5) is 15.9. The van der Waals surface area contributed by atoms with E-state index in [0.29, 0.717) is 12.1 Å². The molecule has 3 N–H and O–H groups in total. The van der Waals surface area contributed by atoms with Crippen LogP contribution in [0.3, 0.4) is 0 Å². The van der Waals surface area contributed by atoms with Gasteiger partial charge in [0.15, 0.2) is 5.82 Å². The van der Waals surface area contributed by atoms with Crippen LogP contribution in [-0.4, -0.2) is 22.8 Å². The summed E-state index contributed by atoms with van der Waals surface area (Å²) in [6.07, 6.45) is -1.30. The van der Waals surface area contributed by atoms with E-state index < -0.39 is 46.0 Å². The fraction of sp³-hybridized carbons (Fsp3) is 0.143. The first-order chi connectivity index (χ1) is 7.52. The molecular formula is C7H7F2O6PS. The molecule has 0 saturated carbocycles. The first-order valence-electron chi connectivity index (χ1n) is 4.01. The first-order valence-corrected chi connectivity index (χ1v) is 7.25. The van der Waals surface area contributed by atoms with Gasteiger partial charge in [0.05, 0.1) is 6.16 Å². The fourth-order valence-corrected chi connectivity index (χ4v) is 2.42. The maximum Gasteiger partial charge on any atom is 0.330 e. The molecule has 0 radical (unpaired) electrons. The van der Waals surface area contributed by atoms with Crippen molar-refractivity contribution in [3.63, 3.8) is 0 Å². The van der Waals surface area contributed by atoms with Gasteiger partial charge in [-0.1, -0.05) is 0 Å². The molecule has 10 heteroatoms. The minimum atomic E-state index is -4.92. The minimum absolute atomic E-state index is 0.461. The molecule has 1 aromatic rings. The second-order valence-electron chi connectivity index (χ2n) is 3.14. The molecule has 96 valence electrons. The smallest absolute Gasteiger partial charge is 0.324 e. The van der Waals surface area contributed by atoms with Crippen molar-refractivity contribution in [2.24, 2.45) is 0 Å². The van der Waals surface area contributed by atoms with Crippen molar-refractivity contribution in [2.45, 2.75) is 11.1 Å². The Balaban J connectivity index is 3.46. The van der Waals surface area contributed by atoms with Gasteiger partial charge >= 0.3 is 7.60 Å². The molecule has 17 heavy (non-hydrogen) atoms. The summed E-state index contributed by atoms with van der Waals surface area (Å²) < 4.78 is 67.1. The lowest BCUT2D eigenvalue weighted by Gasteiger charge is -2.08. The molecule has 0 aliphatic carbocycles. The number of hydrogen-bond donors (Lipinski definition) is 3. The van der Waals surface area contributed by atoms with E-state index in [4.69, 9.17) is 14.3 Å². The Labute approximate surface area is 94.8 Å². The second kappa shape index (κ2) is 4.43. The topological polar surface area (TPSA) is 112 Å². The SMILES string of the molecule is O=P(O)(O)Cc1c(F)ccc(S(=O)(=O)O)c1F. The van der Waals surface area contributed by atoms with Crippen LogP contribution in [0.5, 0.6) is 0 Å². The highest BCUT2D eigenvalue weighted by molar-refractivity contribution is 7.85. The van der Waals surface area contributed by atoms with E-state index in [0.717, 1.165) is 0 Å². The molecule has 0 saturated heterocycles. The van der Waals surface area contributed by atoms with Gasteiger partial charge < -0.3 is 9.79 Å². The lowest BCUT2D eigenvalue weighted by molar-refractivity contribution is 0.368. The number of hydrogen-bond acceptors (Lipinski definition) is 3. The van der Waals surface area contributed by atoms with Crippen LogP contribution < -0.4 is 0 Å². The standard InChI is InChI=1S/C7H7F2O6PS/c8-5-1-2-6(17(13,14)15)7(9)4(5)3-16(10,11)12/h1-2H,3H2,(H2,10,11,12)(H,13,14,15). The molecule has 0 heterocycles. The van der Waals surface area contributed by atoms with Crippen LogP contribution in [0.4, 0.5) is 8.78 Å². The zero-order valence-electron chi connectivity index (χ0n) is 8.04. The Morgan fingerprint density at radius 3 is 2.18 bits per heavy atom. The van der Waals surface area contributed by atoms with E-state index in [9.17, 15) is 21.8 Å². The maximum atomic E-state index is 13.4. The van der Waals surface area contributed by atoms with Gasteiger partial charge in [-0.3, -0.25) is 9.12 Å². The molecule has 0 aliphatic heterocycles. The molecule has 6 nitrogen and oxygen atoms in total. The molecule has 1 rings (SSSR count). The van der Waals surface area contributed by atoms with Crippen molar-refractivity contribution in [1.82, 2.24) is 0 Å². The summed E-state index contributed by atoms with van der Waals surface area (Å²) in [6, 6.07) is 0.959. The van der Waals surface area contributed by atoms with E-state index in [1.807, 2.05) is 0 Å². The van der Waals surface area contributed by atoms with Crippen molar-refractivity contribution in [1.29, 1.82) is 0 Å². The van der Waals surface area contributed by atoms with Gasteiger partial charge in [-0.15, -0.1) is 0 Å². The van der Waals surface area contributed by atoms with Crippen LogP contribution in [-0.2, 0) is 20.8 Å². The summed E-state index contributed by atoms with van der Waals surface area (Å²) in [5, 5.41) is 0. The fourth-order valence-electron chi connectivity index (χ4n) is 1.13. The van der Waals surface area contributed by atoms with Crippen molar-refractivity contribution >= 4 is 17.7 Å². The van der Waals surface area contributed by atoms with Gasteiger partial charge in [-0.25, -0.2) is 8.78 Å². The van der Waals surface area contributed by atoms with Gasteiger partial charge in [-0.2, -0.15) is 8.42 Å². The van der Waals surface area contributed by atoms with Gasteiger partial charge in [-0.05, 0) is 12.1 Å². The second-order valence-corrected chi connectivity index (χ2v) is 6.17. The molecule has 0 atom stereocenters. The Morgan fingerprint density at radius 1 is 1.24 bits per heavy atom. The highest BCUT2D eigenvalue weighted by atomic mass is 32.2. The average molecular weight is 288 g/mol.